The number of rotatable bonds is 4. The lowest BCUT2D eigenvalue weighted by Crippen LogP contribution is -2.40. The highest BCUT2D eigenvalue weighted by atomic mass is 15.1. The van der Waals surface area contributed by atoms with E-state index in [0.717, 1.165) is 6.04 Å². The first kappa shape index (κ1) is 15.3. The molecule has 0 spiro atoms. The standard InChI is InChI=1S/C21H30N2/c1-16(23-12-4-5-13-23)17-8-9-19-15-21(11-10-18(19)14-17)22-20-6-2-3-7-20/h8-9,14,20-22H,1-7,10-13,15H2. The molecule has 4 rings (SSSR count). The van der Waals surface area contributed by atoms with E-state index in [1.165, 1.54) is 82.1 Å². The Labute approximate surface area is 141 Å². The van der Waals surface area contributed by atoms with Gasteiger partial charge in [-0.1, -0.05) is 31.6 Å². The Morgan fingerprint density at radius 2 is 1.74 bits per heavy atom. The van der Waals surface area contributed by atoms with Gasteiger partial charge in [-0.05, 0) is 67.7 Å². The summed E-state index contributed by atoms with van der Waals surface area (Å²) in [6.45, 7) is 6.72. The molecule has 1 saturated heterocycles. The molecule has 1 aromatic carbocycles. The van der Waals surface area contributed by atoms with Crippen LogP contribution in [0, 0.1) is 0 Å². The number of aryl methyl sites for hydroxylation is 1. The van der Waals surface area contributed by atoms with Crippen LogP contribution in [0.25, 0.3) is 5.70 Å². The fraction of sp³-hybridized carbons (Fsp3) is 0.619. The fourth-order valence-electron chi connectivity index (χ4n) is 4.67. The number of hydrogen-bond acceptors (Lipinski definition) is 2. The van der Waals surface area contributed by atoms with Crippen molar-refractivity contribution in [3.8, 4) is 0 Å². The monoisotopic (exact) mass is 310 g/mol. The molecule has 0 amide bonds. The van der Waals surface area contributed by atoms with Gasteiger partial charge in [0.1, 0.15) is 0 Å². The summed E-state index contributed by atoms with van der Waals surface area (Å²) in [5.74, 6) is 0. The second-order valence-electron chi connectivity index (χ2n) is 7.71. The van der Waals surface area contributed by atoms with E-state index < -0.39 is 0 Å². The third-order valence-electron chi connectivity index (χ3n) is 6.08. The number of fused-ring (bicyclic) bond motifs is 1. The molecule has 1 aromatic rings. The van der Waals surface area contributed by atoms with Crippen molar-refractivity contribution in [2.45, 2.75) is 69.9 Å². The Bertz CT molecular complexity index is 565. The molecule has 1 heterocycles. The Balaban J connectivity index is 1.43. The summed E-state index contributed by atoms with van der Waals surface area (Å²) < 4.78 is 0. The van der Waals surface area contributed by atoms with Crippen LogP contribution in [-0.2, 0) is 12.8 Å². The summed E-state index contributed by atoms with van der Waals surface area (Å²) in [5, 5.41) is 3.92. The SMILES string of the molecule is C=C(c1ccc2c(c1)CCC(NC1CCCC1)C2)N1CCCC1. The topological polar surface area (TPSA) is 15.3 Å². The molecular formula is C21H30N2. The smallest absolute Gasteiger partial charge is 0.0366 e. The summed E-state index contributed by atoms with van der Waals surface area (Å²) in [6, 6.07) is 8.57. The highest BCUT2D eigenvalue weighted by molar-refractivity contribution is 5.63. The van der Waals surface area contributed by atoms with Gasteiger partial charge in [-0.2, -0.15) is 0 Å². The second-order valence-corrected chi connectivity index (χ2v) is 7.71. The van der Waals surface area contributed by atoms with Crippen LogP contribution in [-0.4, -0.2) is 30.1 Å². The van der Waals surface area contributed by atoms with Gasteiger partial charge < -0.3 is 10.2 Å². The first-order chi connectivity index (χ1) is 11.3. The number of nitrogens with zero attached hydrogens (tertiary/aromatic N) is 1. The maximum Gasteiger partial charge on any atom is 0.0366 e. The normalized spacial score (nSPS) is 24.9. The lowest BCUT2D eigenvalue weighted by molar-refractivity contribution is 0.395. The first-order valence-electron chi connectivity index (χ1n) is 9.62. The summed E-state index contributed by atoms with van der Waals surface area (Å²) in [5.41, 5.74) is 5.70. The van der Waals surface area contributed by atoms with Gasteiger partial charge in [0, 0.05) is 30.9 Å². The predicted molar refractivity (Wildman–Crippen MR) is 97.5 cm³/mol. The van der Waals surface area contributed by atoms with Crippen molar-refractivity contribution in [1.29, 1.82) is 0 Å². The van der Waals surface area contributed by atoms with E-state index in [1.54, 1.807) is 11.1 Å². The van der Waals surface area contributed by atoms with E-state index in [4.69, 9.17) is 0 Å². The fourth-order valence-corrected chi connectivity index (χ4v) is 4.67. The molecule has 0 bridgehead atoms. The Kier molecular flexibility index (Phi) is 4.43. The van der Waals surface area contributed by atoms with Gasteiger partial charge in [-0.3, -0.25) is 0 Å². The van der Waals surface area contributed by atoms with Crippen molar-refractivity contribution in [2.75, 3.05) is 13.1 Å². The maximum absolute atomic E-state index is 4.35. The molecule has 23 heavy (non-hydrogen) atoms. The average molecular weight is 310 g/mol. The van der Waals surface area contributed by atoms with E-state index >= 15 is 0 Å². The number of benzene rings is 1. The van der Waals surface area contributed by atoms with Crippen LogP contribution in [0.3, 0.4) is 0 Å². The molecule has 2 nitrogen and oxygen atoms in total. The highest BCUT2D eigenvalue weighted by Crippen LogP contribution is 2.29. The molecule has 2 fully saturated rings. The zero-order chi connectivity index (χ0) is 15.6. The maximum atomic E-state index is 4.35. The van der Waals surface area contributed by atoms with Crippen LogP contribution >= 0.6 is 0 Å². The number of hydrogen-bond donors (Lipinski definition) is 1. The van der Waals surface area contributed by atoms with Crippen LogP contribution in [0.5, 0.6) is 0 Å². The van der Waals surface area contributed by atoms with Gasteiger partial charge in [0.25, 0.3) is 0 Å². The molecule has 3 aliphatic rings. The van der Waals surface area contributed by atoms with Gasteiger partial charge in [-0.15, -0.1) is 0 Å². The van der Waals surface area contributed by atoms with Crippen molar-refractivity contribution in [3.05, 3.63) is 41.5 Å². The van der Waals surface area contributed by atoms with E-state index in [2.05, 4.69) is 35.0 Å². The van der Waals surface area contributed by atoms with E-state index in [1.807, 2.05) is 0 Å². The van der Waals surface area contributed by atoms with Crippen LogP contribution in [0.15, 0.2) is 24.8 Å². The van der Waals surface area contributed by atoms with Gasteiger partial charge in [0.2, 0.25) is 0 Å². The van der Waals surface area contributed by atoms with Crippen LogP contribution in [0.2, 0.25) is 0 Å². The molecule has 2 aliphatic carbocycles. The van der Waals surface area contributed by atoms with Crippen LogP contribution < -0.4 is 5.32 Å². The zero-order valence-electron chi connectivity index (χ0n) is 14.3. The Hall–Kier alpha value is -1.28. The molecule has 1 aliphatic heterocycles. The quantitative estimate of drug-likeness (QED) is 0.899. The van der Waals surface area contributed by atoms with Gasteiger partial charge in [0.15, 0.2) is 0 Å². The Morgan fingerprint density at radius 1 is 0.957 bits per heavy atom. The zero-order valence-corrected chi connectivity index (χ0v) is 14.3. The minimum absolute atomic E-state index is 0.693. The number of nitrogens with one attached hydrogen (secondary N) is 1. The summed E-state index contributed by atoms with van der Waals surface area (Å²) in [7, 11) is 0. The first-order valence-corrected chi connectivity index (χ1v) is 9.62. The van der Waals surface area contributed by atoms with Gasteiger partial charge in [-0.25, -0.2) is 0 Å². The van der Waals surface area contributed by atoms with Crippen molar-refractivity contribution >= 4 is 5.70 Å². The molecule has 1 atom stereocenters. The largest absolute Gasteiger partial charge is 0.372 e. The second kappa shape index (κ2) is 6.68. The number of likely N-dealkylation sites (tertiary alicyclic amines) is 1. The van der Waals surface area contributed by atoms with Crippen molar-refractivity contribution in [2.24, 2.45) is 0 Å². The molecule has 1 unspecified atom stereocenters. The van der Waals surface area contributed by atoms with Crippen molar-refractivity contribution in [3.63, 3.8) is 0 Å². The van der Waals surface area contributed by atoms with Crippen molar-refractivity contribution < 1.29 is 0 Å². The van der Waals surface area contributed by atoms with Gasteiger partial charge >= 0.3 is 0 Å². The van der Waals surface area contributed by atoms with Crippen LogP contribution in [0.1, 0.15) is 61.6 Å². The predicted octanol–water partition coefficient (Wildman–Crippen LogP) is 4.14. The van der Waals surface area contributed by atoms with E-state index in [9.17, 15) is 0 Å². The van der Waals surface area contributed by atoms with E-state index in [-0.39, 0.29) is 0 Å². The molecule has 0 aromatic heterocycles. The highest BCUT2D eigenvalue weighted by Gasteiger charge is 2.24. The molecule has 1 saturated carbocycles. The molecular weight excluding hydrogens is 280 g/mol. The summed E-state index contributed by atoms with van der Waals surface area (Å²) in [4.78, 5) is 2.45. The molecule has 124 valence electrons. The lowest BCUT2D eigenvalue weighted by atomic mass is 9.86. The molecule has 0 radical (unpaired) electrons. The summed E-state index contributed by atoms with van der Waals surface area (Å²) >= 11 is 0. The van der Waals surface area contributed by atoms with Crippen molar-refractivity contribution in [1.82, 2.24) is 10.2 Å². The average Bonchev–Trinajstić information content (AvgIpc) is 3.27. The summed E-state index contributed by atoms with van der Waals surface area (Å²) in [6.07, 6.45) is 12.0. The third-order valence-corrected chi connectivity index (χ3v) is 6.08. The minimum Gasteiger partial charge on any atom is -0.372 e. The lowest BCUT2D eigenvalue weighted by Gasteiger charge is -2.29. The Morgan fingerprint density at radius 3 is 2.52 bits per heavy atom. The molecule has 2 heteroatoms. The van der Waals surface area contributed by atoms with Crippen LogP contribution in [0.4, 0.5) is 0 Å². The van der Waals surface area contributed by atoms with E-state index in [0.29, 0.717) is 6.04 Å². The third kappa shape index (κ3) is 3.33. The van der Waals surface area contributed by atoms with Gasteiger partial charge in [0.05, 0.1) is 0 Å². The minimum atomic E-state index is 0.693. The molecule has 1 N–H and O–H groups in total.